The summed E-state index contributed by atoms with van der Waals surface area (Å²) in [6.07, 6.45) is 0. The van der Waals surface area contributed by atoms with Crippen molar-refractivity contribution in [1.29, 1.82) is 0 Å². The molecule has 1 aromatic rings. The van der Waals surface area contributed by atoms with E-state index in [0.717, 1.165) is 5.56 Å². The molecule has 1 atom stereocenters. The molecule has 19 heavy (non-hydrogen) atoms. The van der Waals surface area contributed by atoms with Crippen molar-refractivity contribution in [2.75, 3.05) is 26.1 Å². The zero-order valence-electron chi connectivity index (χ0n) is 11.3. The van der Waals surface area contributed by atoms with Gasteiger partial charge < -0.3 is 21.1 Å². The average molecular weight is 265 g/mol. The van der Waals surface area contributed by atoms with Crippen LogP contribution in [0.2, 0.25) is 0 Å². The third-order valence-corrected chi connectivity index (χ3v) is 2.66. The first-order valence-corrected chi connectivity index (χ1v) is 5.87. The molecule has 0 aliphatic carbocycles. The Morgan fingerprint density at radius 3 is 2.63 bits per heavy atom. The van der Waals surface area contributed by atoms with E-state index in [1.807, 2.05) is 6.92 Å². The van der Waals surface area contributed by atoms with Gasteiger partial charge in [0, 0.05) is 25.4 Å². The SMILES string of the molecule is CNC(=O)c1ccc(NC(=O)C(N)COC)c(C)c1. The van der Waals surface area contributed by atoms with E-state index in [4.69, 9.17) is 10.5 Å². The normalized spacial score (nSPS) is 11.8. The Hall–Kier alpha value is -1.92. The number of amides is 2. The molecule has 6 nitrogen and oxygen atoms in total. The highest BCUT2D eigenvalue weighted by atomic mass is 16.5. The van der Waals surface area contributed by atoms with Gasteiger partial charge in [-0.1, -0.05) is 0 Å². The fraction of sp³-hybridized carbons (Fsp3) is 0.385. The summed E-state index contributed by atoms with van der Waals surface area (Å²) in [4.78, 5) is 23.2. The quantitative estimate of drug-likeness (QED) is 0.712. The molecule has 0 saturated carbocycles. The molecule has 0 spiro atoms. The number of nitrogens with two attached hydrogens (primary N) is 1. The maximum absolute atomic E-state index is 11.7. The fourth-order valence-electron chi connectivity index (χ4n) is 1.57. The van der Waals surface area contributed by atoms with E-state index in [-0.39, 0.29) is 18.4 Å². The molecule has 0 aliphatic heterocycles. The second kappa shape index (κ2) is 6.86. The molecule has 4 N–H and O–H groups in total. The maximum atomic E-state index is 11.7. The number of ether oxygens (including phenoxy) is 1. The van der Waals surface area contributed by atoms with Gasteiger partial charge in [0.1, 0.15) is 6.04 Å². The van der Waals surface area contributed by atoms with Crippen molar-refractivity contribution in [2.24, 2.45) is 5.73 Å². The molecular formula is C13H19N3O3. The second-order valence-electron chi connectivity index (χ2n) is 4.16. The predicted octanol–water partition coefficient (Wildman–Crippen LogP) is 0.267. The van der Waals surface area contributed by atoms with Gasteiger partial charge in [0.05, 0.1) is 6.61 Å². The highest BCUT2D eigenvalue weighted by molar-refractivity contribution is 5.97. The average Bonchev–Trinajstić information content (AvgIpc) is 2.40. The van der Waals surface area contributed by atoms with Gasteiger partial charge in [-0.2, -0.15) is 0 Å². The van der Waals surface area contributed by atoms with Crippen LogP contribution in [0.5, 0.6) is 0 Å². The van der Waals surface area contributed by atoms with Crippen LogP contribution in [-0.4, -0.2) is 38.6 Å². The minimum absolute atomic E-state index is 0.154. The number of nitrogens with one attached hydrogen (secondary N) is 2. The van der Waals surface area contributed by atoms with Crippen molar-refractivity contribution >= 4 is 17.5 Å². The van der Waals surface area contributed by atoms with Crippen LogP contribution in [0.25, 0.3) is 0 Å². The van der Waals surface area contributed by atoms with Crippen molar-refractivity contribution < 1.29 is 14.3 Å². The number of carbonyl (C=O) groups excluding carboxylic acids is 2. The van der Waals surface area contributed by atoms with Crippen molar-refractivity contribution in [3.8, 4) is 0 Å². The van der Waals surface area contributed by atoms with Crippen LogP contribution in [0.3, 0.4) is 0 Å². The van der Waals surface area contributed by atoms with Crippen molar-refractivity contribution in [3.05, 3.63) is 29.3 Å². The summed E-state index contributed by atoms with van der Waals surface area (Å²) < 4.78 is 4.82. The van der Waals surface area contributed by atoms with E-state index in [2.05, 4.69) is 10.6 Å². The first-order chi connectivity index (χ1) is 8.99. The van der Waals surface area contributed by atoms with Crippen molar-refractivity contribution in [3.63, 3.8) is 0 Å². The number of rotatable bonds is 5. The molecule has 0 radical (unpaired) electrons. The highest BCUT2D eigenvalue weighted by Gasteiger charge is 2.14. The topological polar surface area (TPSA) is 93.5 Å². The summed E-state index contributed by atoms with van der Waals surface area (Å²) >= 11 is 0. The largest absolute Gasteiger partial charge is 0.383 e. The molecule has 0 bridgehead atoms. The Morgan fingerprint density at radius 1 is 1.42 bits per heavy atom. The number of carbonyl (C=O) groups is 2. The summed E-state index contributed by atoms with van der Waals surface area (Å²) in [5.41, 5.74) is 7.58. The van der Waals surface area contributed by atoms with Crippen molar-refractivity contribution in [2.45, 2.75) is 13.0 Å². The number of hydrogen-bond donors (Lipinski definition) is 3. The van der Waals surface area contributed by atoms with E-state index < -0.39 is 6.04 Å². The summed E-state index contributed by atoms with van der Waals surface area (Å²) in [5.74, 6) is -0.491. The van der Waals surface area contributed by atoms with Crippen LogP contribution in [0.4, 0.5) is 5.69 Å². The number of benzene rings is 1. The third kappa shape index (κ3) is 4.04. The van der Waals surface area contributed by atoms with Crippen LogP contribution in [0.1, 0.15) is 15.9 Å². The lowest BCUT2D eigenvalue weighted by Crippen LogP contribution is -2.39. The number of hydrogen-bond acceptors (Lipinski definition) is 4. The molecule has 0 saturated heterocycles. The van der Waals surface area contributed by atoms with Gasteiger partial charge in [-0.3, -0.25) is 9.59 Å². The Morgan fingerprint density at radius 2 is 2.11 bits per heavy atom. The molecule has 0 aromatic heterocycles. The molecule has 1 aromatic carbocycles. The molecule has 2 amide bonds. The summed E-state index contributed by atoms with van der Waals surface area (Å²) in [7, 11) is 3.05. The molecule has 1 unspecified atom stereocenters. The first-order valence-electron chi connectivity index (χ1n) is 5.87. The Kier molecular flexibility index (Phi) is 5.47. The molecule has 0 aliphatic rings. The Balaban J connectivity index is 2.80. The number of anilines is 1. The summed E-state index contributed by atoms with van der Waals surface area (Å²) in [5, 5.41) is 5.24. The van der Waals surface area contributed by atoms with Crippen LogP contribution in [0.15, 0.2) is 18.2 Å². The monoisotopic (exact) mass is 265 g/mol. The lowest BCUT2D eigenvalue weighted by Gasteiger charge is -2.13. The minimum atomic E-state index is -0.719. The van der Waals surface area contributed by atoms with E-state index in [9.17, 15) is 9.59 Å². The van der Waals surface area contributed by atoms with E-state index >= 15 is 0 Å². The van der Waals surface area contributed by atoms with Crippen LogP contribution < -0.4 is 16.4 Å². The molecule has 0 fully saturated rings. The smallest absolute Gasteiger partial charge is 0.251 e. The molecule has 6 heteroatoms. The number of methoxy groups -OCH3 is 1. The standard InChI is InChI=1S/C13H19N3O3/c1-8-6-9(12(17)15-2)4-5-11(8)16-13(18)10(14)7-19-3/h4-6,10H,7,14H2,1-3H3,(H,15,17)(H,16,18). The van der Waals surface area contributed by atoms with Gasteiger partial charge in [-0.25, -0.2) is 0 Å². The minimum Gasteiger partial charge on any atom is -0.383 e. The lowest BCUT2D eigenvalue weighted by molar-refractivity contribution is -0.118. The van der Waals surface area contributed by atoms with E-state index in [0.29, 0.717) is 11.3 Å². The van der Waals surface area contributed by atoms with Crippen LogP contribution >= 0.6 is 0 Å². The highest BCUT2D eigenvalue weighted by Crippen LogP contribution is 2.16. The number of aryl methyl sites for hydroxylation is 1. The lowest BCUT2D eigenvalue weighted by atomic mass is 10.1. The molecule has 104 valence electrons. The van der Waals surface area contributed by atoms with Gasteiger partial charge in [0.2, 0.25) is 5.91 Å². The third-order valence-electron chi connectivity index (χ3n) is 2.66. The zero-order chi connectivity index (χ0) is 14.4. The van der Waals surface area contributed by atoms with Crippen molar-refractivity contribution in [1.82, 2.24) is 5.32 Å². The van der Waals surface area contributed by atoms with Gasteiger partial charge in [0.25, 0.3) is 5.91 Å². The second-order valence-corrected chi connectivity index (χ2v) is 4.16. The summed E-state index contributed by atoms with van der Waals surface area (Å²) in [6.45, 7) is 1.96. The predicted molar refractivity (Wildman–Crippen MR) is 73.1 cm³/mol. The van der Waals surface area contributed by atoms with Crippen LogP contribution in [-0.2, 0) is 9.53 Å². The Labute approximate surface area is 112 Å². The zero-order valence-corrected chi connectivity index (χ0v) is 11.3. The van der Waals surface area contributed by atoms with E-state index in [1.54, 1.807) is 25.2 Å². The van der Waals surface area contributed by atoms with Gasteiger partial charge >= 0.3 is 0 Å². The molecular weight excluding hydrogens is 246 g/mol. The van der Waals surface area contributed by atoms with Gasteiger partial charge in [0.15, 0.2) is 0 Å². The fourth-order valence-corrected chi connectivity index (χ4v) is 1.57. The van der Waals surface area contributed by atoms with E-state index in [1.165, 1.54) is 7.11 Å². The Bertz CT molecular complexity index is 474. The van der Waals surface area contributed by atoms with Gasteiger partial charge in [-0.15, -0.1) is 0 Å². The van der Waals surface area contributed by atoms with Crippen LogP contribution in [0, 0.1) is 6.92 Å². The molecule has 1 rings (SSSR count). The van der Waals surface area contributed by atoms with Gasteiger partial charge in [-0.05, 0) is 30.7 Å². The molecule has 0 heterocycles. The summed E-state index contributed by atoms with van der Waals surface area (Å²) in [6, 6.07) is 4.31. The first kappa shape index (κ1) is 15.1. The maximum Gasteiger partial charge on any atom is 0.251 e.